The Morgan fingerprint density at radius 1 is 1.09 bits per heavy atom. The maximum absolute atomic E-state index is 13.5. The molecule has 1 aliphatic carbocycles. The summed E-state index contributed by atoms with van der Waals surface area (Å²) in [6.45, 7) is 2.48. The first kappa shape index (κ1) is 22.4. The molecule has 1 saturated carbocycles. The predicted molar refractivity (Wildman–Crippen MR) is 128 cm³/mol. The van der Waals surface area contributed by atoms with E-state index in [9.17, 15) is 9.59 Å². The highest BCUT2D eigenvalue weighted by Gasteiger charge is 2.31. The number of fused-ring (bicyclic) bond motifs is 1. The van der Waals surface area contributed by atoms with E-state index in [1.807, 2.05) is 49.4 Å². The number of rotatable bonds is 6. The van der Waals surface area contributed by atoms with E-state index in [0.29, 0.717) is 22.9 Å². The molecule has 2 aromatic carbocycles. The Balaban J connectivity index is 1.75. The van der Waals surface area contributed by atoms with E-state index in [-0.39, 0.29) is 6.04 Å². The largest absolute Gasteiger partial charge is 0.497 e. The van der Waals surface area contributed by atoms with Crippen molar-refractivity contribution in [2.45, 2.75) is 51.6 Å². The van der Waals surface area contributed by atoms with Crippen molar-refractivity contribution in [2.24, 2.45) is 0 Å². The molecular formula is C26H29ClN2O3. The second kappa shape index (κ2) is 9.37. The van der Waals surface area contributed by atoms with Gasteiger partial charge in [0.1, 0.15) is 5.75 Å². The Hall–Kier alpha value is -2.79. The first-order valence-corrected chi connectivity index (χ1v) is 11.5. The van der Waals surface area contributed by atoms with Gasteiger partial charge in [0.25, 0.3) is 11.7 Å². The smallest absolute Gasteiger partial charge is 0.295 e. The highest BCUT2D eigenvalue weighted by atomic mass is 35.5. The van der Waals surface area contributed by atoms with Crippen LogP contribution in [0.2, 0.25) is 5.02 Å². The number of aromatic nitrogens is 1. The zero-order chi connectivity index (χ0) is 22.8. The third-order valence-electron chi connectivity index (χ3n) is 6.65. The molecule has 5 nitrogen and oxygen atoms in total. The summed E-state index contributed by atoms with van der Waals surface area (Å²) in [7, 11) is 3.36. The fourth-order valence-electron chi connectivity index (χ4n) is 4.75. The molecule has 3 aromatic rings. The van der Waals surface area contributed by atoms with Crippen LogP contribution in [0.1, 0.15) is 53.7 Å². The molecular weight excluding hydrogens is 424 g/mol. The third kappa shape index (κ3) is 4.26. The highest BCUT2D eigenvalue weighted by Crippen LogP contribution is 2.31. The van der Waals surface area contributed by atoms with Crippen LogP contribution in [-0.4, -0.2) is 41.4 Å². The Kier molecular flexibility index (Phi) is 6.56. The van der Waals surface area contributed by atoms with Gasteiger partial charge in [0.05, 0.1) is 12.7 Å². The first-order chi connectivity index (χ1) is 15.4. The van der Waals surface area contributed by atoms with Crippen LogP contribution in [0.15, 0.2) is 42.5 Å². The molecule has 0 unspecified atom stereocenters. The van der Waals surface area contributed by atoms with E-state index in [1.54, 1.807) is 19.1 Å². The summed E-state index contributed by atoms with van der Waals surface area (Å²) in [4.78, 5) is 28.4. The van der Waals surface area contributed by atoms with Crippen LogP contribution in [0.3, 0.4) is 0 Å². The van der Waals surface area contributed by atoms with Crippen LogP contribution in [0.5, 0.6) is 5.75 Å². The number of hydrogen-bond donors (Lipinski definition) is 0. The molecule has 0 N–H and O–H groups in total. The number of ether oxygens (including phenoxy) is 1. The standard InChI is InChI=1S/C26H29ClN2O3/c1-17-24(25(30)26(31)28(2)20-7-5-4-6-8-20)22-15-21(32-3)13-14-23(22)29(17)16-18-9-11-19(27)12-10-18/h9-15,20H,4-8,16H2,1-3H3. The number of amides is 1. The van der Waals surface area contributed by atoms with Crippen LogP contribution in [-0.2, 0) is 11.3 Å². The lowest BCUT2D eigenvalue weighted by Crippen LogP contribution is -2.42. The van der Waals surface area contributed by atoms with Crippen LogP contribution < -0.4 is 4.74 Å². The fourth-order valence-corrected chi connectivity index (χ4v) is 4.88. The molecule has 4 rings (SSSR count). The molecule has 0 radical (unpaired) electrons. The van der Waals surface area contributed by atoms with Gasteiger partial charge in [0.2, 0.25) is 0 Å². The minimum Gasteiger partial charge on any atom is -0.497 e. The molecule has 1 aliphatic rings. The second-order valence-electron chi connectivity index (χ2n) is 8.59. The van der Waals surface area contributed by atoms with Gasteiger partial charge in [-0.15, -0.1) is 0 Å². The summed E-state index contributed by atoms with van der Waals surface area (Å²) in [6.07, 6.45) is 5.32. The van der Waals surface area contributed by atoms with E-state index >= 15 is 0 Å². The number of Topliss-reactive ketones (excluding diaryl/α,β-unsaturated/α-hetero) is 1. The maximum atomic E-state index is 13.5. The minimum atomic E-state index is -0.455. The molecule has 1 aromatic heterocycles. The molecule has 32 heavy (non-hydrogen) atoms. The zero-order valence-corrected chi connectivity index (χ0v) is 19.6. The average Bonchev–Trinajstić information content (AvgIpc) is 3.09. The molecule has 0 atom stereocenters. The van der Waals surface area contributed by atoms with Gasteiger partial charge in [0, 0.05) is 41.3 Å². The molecule has 1 heterocycles. The summed E-state index contributed by atoms with van der Waals surface area (Å²) in [5.41, 5.74) is 3.20. The zero-order valence-electron chi connectivity index (χ0n) is 18.9. The summed E-state index contributed by atoms with van der Waals surface area (Å²) in [5, 5.41) is 1.42. The van der Waals surface area contributed by atoms with Gasteiger partial charge in [-0.2, -0.15) is 0 Å². The van der Waals surface area contributed by atoms with E-state index in [0.717, 1.165) is 47.8 Å². The Morgan fingerprint density at radius 2 is 1.78 bits per heavy atom. The number of carbonyl (C=O) groups is 2. The van der Waals surface area contributed by atoms with E-state index in [4.69, 9.17) is 16.3 Å². The van der Waals surface area contributed by atoms with Gasteiger partial charge in [-0.05, 0) is 55.7 Å². The quantitative estimate of drug-likeness (QED) is 0.359. The number of benzene rings is 2. The predicted octanol–water partition coefficient (Wildman–Crippen LogP) is 5.63. The number of carbonyl (C=O) groups excluding carboxylic acids is 2. The topological polar surface area (TPSA) is 51.5 Å². The van der Waals surface area contributed by atoms with E-state index in [1.165, 1.54) is 6.42 Å². The van der Waals surface area contributed by atoms with Gasteiger partial charge in [-0.3, -0.25) is 9.59 Å². The number of likely N-dealkylation sites (N-methyl/N-ethyl adjacent to an activating group) is 1. The number of nitrogens with zero attached hydrogens (tertiary/aromatic N) is 2. The van der Waals surface area contributed by atoms with Crippen molar-refractivity contribution in [3.05, 3.63) is 64.3 Å². The highest BCUT2D eigenvalue weighted by molar-refractivity contribution is 6.45. The van der Waals surface area contributed by atoms with Gasteiger partial charge in [-0.25, -0.2) is 0 Å². The van der Waals surface area contributed by atoms with E-state index in [2.05, 4.69) is 4.57 Å². The van der Waals surface area contributed by atoms with Crippen molar-refractivity contribution in [2.75, 3.05) is 14.2 Å². The lowest BCUT2D eigenvalue weighted by Gasteiger charge is -2.30. The lowest BCUT2D eigenvalue weighted by atomic mass is 9.94. The molecule has 1 amide bonds. The number of ketones is 1. The third-order valence-corrected chi connectivity index (χ3v) is 6.90. The SMILES string of the molecule is COc1ccc2c(c1)c(C(=O)C(=O)N(C)C1CCCCC1)c(C)n2Cc1ccc(Cl)cc1. The minimum absolute atomic E-state index is 0.137. The van der Waals surface area contributed by atoms with Crippen molar-refractivity contribution in [3.63, 3.8) is 0 Å². The van der Waals surface area contributed by atoms with Crippen molar-refractivity contribution in [3.8, 4) is 5.75 Å². The summed E-state index contributed by atoms with van der Waals surface area (Å²) in [6, 6.07) is 13.5. The maximum Gasteiger partial charge on any atom is 0.295 e. The van der Waals surface area contributed by atoms with Crippen molar-refractivity contribution in [1.82, 2.24) is 9.47 Å². The Bertz CT molecular complexity index is 1140. The Labute approximate surface area is 193 Å². The molecule has 0 bridgehead atoms. The van der Waals surface area contributed by atoms with Gasteiger partial charge in [0.15, 0.2) is 0 Å². The molecule has 0 spiro atoms. The summed E-state index contributed by atoms with van der Waals surface area (Å²) in [5.74, 6) is -0.236. The fraction of sp³-hybridized carbons (Fsp3) is 0.385. The molecule has 0 saturated heterocycles. The van der Waals surface area contributed by atoms with Crippen LogP contribution >= 0.6 is 11.6 Å². The summed E-state index contributed by atoms with van der Waals surface area (Å²) >= 11 is 6.04. The first-order valence-electron chi connectivity index (χ1n) is 11.1. The van der Waals surface area contributed by atoms with Crippen LogP contribution in [0.25, 0.3) is 10.9 Å². The molecule has 168 valence electrons. The average molecular weight is 453 g/mol. The number of hydrogen-bond acceptors (Lipinski definition) is 3. The number of methoxy groups -OCH3 is 1. The number of halogens is 1. The second-order valence-corrected chi connectivity index (χ2v) is 9.03. The van der Waals surface area contributed by atoms with Crippen molar-refractivity contribution >= 4 is 34.2 Å². The Morgan fingerprint density at radius 3 is 2.44 bits per heavy atom. The molecule has 6 heteroatoms. The van der Waals surface area contributed by atoms with Gasteiger partial charge < -0.3 is 14.2 Å². The normalized spacial score (nSPS) is 14.5. The van der Waals surface area contributed by atoms with Crippen LogP contribution in [0, 0.1) is 6.92 Å². The van der Waals surface area contributed by atoms with Crippen molar-refractivity contribution in [1.29, 1.82) is 0 Å². The van der Waals surface area contributed by atoms with Crippen LogP contribution in [0.4, 0.5) is 0 Å². The van der Waals surface area contributed by atoms with Gasteiger partial charge in [-0.1, -0.05) is 43.0 Å². The molecule has 1 fully saturated rings. The summed E-state index contributed by atoms with van der Waals surface area (Å²) < 4.78 is 7.49. The molecule has 0 aliphatic heterocycles. The van der Waals surface area contributed by atoms with Gasteiger partial charge >= 0.3 is 0 Å². The van der Waals surface area contributed by atoms with Crippen molar-refractivity contribution < 1.29 is 14.3 Å². The van der Waals surface area contributed by atoms with E-state index < -0.39 is 11.7 Å². The monoisotopic (exact) mass is 452 g/mol. The lowest BCUT2D eigenvalue weighted by molar-refractivity contribution is -0.127.